The number of nitrogens with one attached hydrogen (secondary N) is 2. The van der Waals surface area contributed by atoms with Crippen LogP contribution in [0.15, 0.2) is 36.4 Å². The van der Waals surface area contributed by atoms with E-state index in [1.807, 2.05) is 24.3 Å². The van der Waals surface area contributed by atoms with E-state index in [0.717, 1.165) is 47.5 Å². The van der Waals surface area contributed by atoms with Gasteiger partial charge in [-0.2, -0.15) is 0 Å². The molecule has 2 amide bonds. The number of hydrogen-bond donors (Lipinski definition) is 2. The molecular weight excluding hydrogens is 338 g/mol. The number of rotatable bonds is 7. The molecule has 0 bridgehead atoms. The van der Waals surface area contributed by atoms with Crippen molar-refractivity contribution in [3.05, 3.63) is 42.0 Å². The molecule has 2 aromatic carbocycles. The van der Waals surface area contributed by atoms with Gasteiger partial charge >= 0.3 is 6.03 Å². The van der Waals surface area contributed by atoms with Crippen LogP contribution in [-0.4, -0.2) is 44.2 Å². The molecule has 0 saturated carbocycles. The molecule has 1 aliphatic heterocycles. The molecule has 1 aliphatic rings. The Bertz CT molecular complexity index is 754. The highest BCUT2D eigenvalue weighted by Crippen LogP contribution is 2.21. The Labute approximate surface area is 162 Å². The summed E-state index contributed by atoms with van der Waals surface area (Å²) < 4.78 is 5.25. The third-order valence-corrected chi connectivity index (χ3v) is 5.38. The number of amides is 2. The molecule has 2 N–H and O–H groups in total. The molecule has 5 nitrogen and oxygen atoms in total. The molecule has 1 fully saturated rings. The third-order valence-electron chi connectivity index (χ3n) is 5.38. The van der Waals surface area contributed by atoms with Crippen molar-refractivity contribution in [3.8, 4) is 5.75 Å². The topological polar surface area (TPSA) is 53.6 Å². The molecule has 0 aromatic heterocycles. The lowest BCUT2D eigenvalue weighted by Gasteiger charge is -2.30. The monoisotopic (exact) mass is 369 g/mol. The van der Waals surface area contributed by atoms with Crippen LogP contribution in [0.2, 0.25) is 0 Å². The van der Waals surface area contributed by atoms with Crippen LogP contribution < -0.4 is 15.4 Å². The number of fused-ring (bicyclic) bond motifs is 1. The lowest BCUT2D eigenvalue weighted by atomic mass is 9.99. The number of urea groups is 1. The van der Waals surface area contributed by atoms with Crippen molar-refractivity contribution in [2.24, 2.45) is 5.92 Å². The minimum absolute atomic E-state index is 0.0999. The number of carbonyl (C=O) groups excluding carboxylic acids is 1. The molecule has 2 aromatic rings. The van der Waals surface area contributed by atoms with Crippen LogP contribution in [0.1, 0.15) is 31.7 Å². The number of ether oxygens (including phenoxy) is 1. The number of benzene rings is 2. The van der Waals surface area contributed by atoms with Gasteiger partial charge in [0.05, 0.1) is 7.11 Å². The first-order valence-electron chi connectivity index (χ1n) is 9.95. The molecule has 3 rings (SSSR count). The molecule has 27 heavy (non-hydrogen) atoms. The summed E-state index contributed by atoms with van der Waals surface area (Å²) in [6.45, 7) is 7.03. The van der Waals surface area contributed by atoms with Gasteiger partial charge in [0, 0.05) is 13.1 Å². The van der Waals surface area contributed by atoms with Crippen LogP contribution in [0.3, 0.4) is 0 Å². The second-order valence-electron chi connectivity index (χ2n) is 7.53. The van der Waals surface area contributed by atoms with E-state index in [-0.39, 0.29) is 6.03 Å². The molecule has 1 heterocycles. The van der Waals surface area contributed by atoms with Crippen LogP contribution in [-0.2, 0) is 6.54 Å². The average Bonchev–Trinajstić information content (AvgIpc) is 2.70. The van der Waals surface area contributed by atoms with E-state index in [9.17, 15) is 4.79 Å². The highest BCUT2D eigenvalue weighted by atomic mass is 16.5. The first kappa shape index (κ1) is 19.5. The average molecular weight is 370 g/mol. The van der Waals surface area contributed by atoms with Crippen molar-refractivity contribution in [1.82, 2.24) is 15.5 Å². The fourth-order valence-corrected chi connectivity index (χ4v) is 3.55. The fourth-order valence-electron chi connectivity index (χ4n) is 3.55. The minimum atomic E-state index is -0.0999. The largest absolute Gasteiger partial charge is 0.497 e. The normalized spacial score (nSPS) is 15.6. The maximum Gasteiger partial charge on any atom is 0.315 e. The summed E-state index contributed by atoms with van der Waals surface area (Å²) in [5.74, 6) is 1.72. The molecule has 0 unspecified atom stereocenters. The molecular formula is C22H31N3O2. The molecule has 5 heteroatoms. The van der Waals surface area contributed by atoms with E-state index in [4.69, 9.17) is 4.74 Å². The quantitative estimate of drug-likeness (QED) is 0.731. The smallest absolute Gasteiger partial charge is 0.315 e. The second kappa shape index (κ2) is 9.60. The Kier molecular flexibility index (Phi) is 6.93. The van der Waals surface area contributed by atoms with Gasteiger partial charge < -0.3 is 20.3 Å². The number of likely N-dealkylation sites (tertiary alicyclic amines) is 1. The summed E-state index contributed by atoms with van der Waals surface area (Å²) in [5, 5.41) is 8.18. The predicted molar refractivity (Wildman–Crippen MR) is 110 cm³/mol. The van der Waals surface area contributed by atoms with Crippen molar-refractivity contribution >= 4 is 16.8 Å². The molecule has 0 radical (unpaired) electrons. The fraction of sp³-hybridized carbons (Fsp3) is 0.500. The first-order chi connectivity index (χ1) is 13.1. The standard InChI is InChI=1S/C22H31N3O2/c1-17-8-12-25(13-9-17)11-3-10-23-22(26)24-16-18-4-5-20-15-21(27-2)7-6-19(20)14-18/h4-7,14-15,17H,3,8-13,16H2,1-2H3,(H2,23,24,26). The predicted octanol–water partition coefficient (Wildman–Crippen LogP) is 3.77. The zero-order chi connectivity index (χ0) is 19.1. The minimum Gasteiger partial charge on any atom is -0.497 e. The summed E-state index contributed by atoms with van der Waals surface area (Å²) in [5.41, 5.74) is 1.09. The van der Waals surface area contributed by atoms with Gasteiger partial charge in [0.15, 0.2) is 0 Å². The van der Waals surface area contributed by atoms with Crippen LogP contribution >= 0.6 is 0 Å². The number of piperidine rings is 1. The van der Waals surface area contributed by atoms with E-state index in [1.54, 1.807) is 7.11 Å². The van der Waals surface area contributed by atoms with E-state index >= 15 is 0 Å². The van der Waals surface area contributed by atoms with Crippen LogP contribution in [0.25, 0.3) is 10.8 Å². The van der Waals surface area contributed by atoms with Gasteiger partial charge in [-0.3, -0.25) is 0 Å². The van der Waals surface area contributed by atoms with E-state index in [0.29, 0.717) is 6.54 Å². The number of hydrogen-bond acceptors (Lipinski definition) is 3. The summed E-state index contributed by atoms with van der Waals surface area (Å²) in [6.07, 6.45) is 3.60. The Morgan fingerprint density at radius 1 is 1.11 bits per heavy atom. The zero-order valence-electron chi connectivity index (χ0n) is 16.5. The van der Waals surface area contributed by atoms with Crippen LogP contribution in [0.4, 0.5) is 4.79 Å². The Morgan fingerprint density at radius 2 is 1.85 bits per heavy atom. The summed E-state index contributed by atoms with van der Waals surface area (Å²) in [4.78, 5) is 14.5. The highest BCUT2D eigenvalue weighted by molar-refractivity contribution is 5.84. The van der Waals surface area contributed by atoms with E-state index < -0.39 is 0 Å². The lowest BCUT2D eigenvalue weighted by Crippen LogP contribution is -2.38. The van der Waals surface area contributed by atoms with Crippen molar-refractivity contribution < 1.29 is 9.53 Å². The van der Waals surface area contributed by atoms with Crippen molar-refractivity contribution in [3.63, 3.8) is 0 Å². The van der Waals surface area contributed by atoms with Gasteiger partial charge in [0.1, 0.15) is 5.75 Å². The second-order valence-corrected chi connectivity index (χ2v) is 7.53. The van der Waals surface area contributed by atoms with Crippen molar-refractivity contribution in [1.29, 1.82) is 0 Å². The summed E-state index contributed by atoms with van der Waals surface area (Å²) >= 11 is 0. The van der Waals surface area contributed by atoms with Gasteiger partial charge in [-0.15, -0.1) is 0 Å². The maximum atomic E-state index is 12.0. The first-order valence-corrected chi connectivity index (χ1v) is 9.95. The van der Waals surface area contributed by atoms with Crippen LogP contribution in [0.5, 0.6) is 5.75 Å². The molecule has 0 aliphatic carbocycles. The number of carbonyl (C=O) groups is 1. The molecule has 0 spiro atoms. The van der Waals surface area contributed by atoms with Crippen molar-refractivity contribution in [2.45, 2.75) is 32.7 Å². The zero-order valence-corrected chi connectivity index (χ0v) is 16.5. The summed E-state index contributed by atoms with van der Waals surface area (Å²) in [6, 6.07) is 12.1. The van der Waals surface area contributed by atoms with Gasteiger partial charge in [0.25, 0.3) is 0 Å². The summed E-state index contributed by atoms with van der Waals surface area (Å²) in [7, 11) is 1.67. The van der Waals surface area contributed by atoms with Gasteiger partial charge in [-0.25, -0.2) is 4.79 Å². The van der Waals surface area contributed by atoms with E-state index in [2.05, 4.69) is 34.6 Å². The van der Waals surface area contributed by atoms with Gasteiger partial charge in [-0.1, -0.05) is 25.1 Å². The molecule has 0 atom stereocenters. The van der Waals surface area contributed by atoms with Gasteiger partial charge in [0.2, 0.25) is 0 Å². The Morgan fingerprint density at radius 3 is 2.63 bits per heavy atom. The molecule has 1 saturated heterocycles. The Balaban J connectivity index is 1.37. The lowest BCUT2D eigenvalue weighted by molar-refractivity contribution is 0.190. The van der Waals surface area contributed by atoms with Crippen LogP contribution in [0, 0.1) is 5.92 Å². The molecule has 146 valence electrons. The van der Waals surface area contributed by atoms with E-state index in [1.165, 1.54) is 25.9 Å². The number of nitrogens with zero attached hydrogens (tertiary/aromatic N) is 1. The third kappa shape index (κ3) is 5.86. The van der Waals surface area contributed by atoms with Gasteiger partial charge in [-0.05, 0) is 79.3 Å². The SMILES string of the molecule is COc1ccc2cc(CNC(=O)NCCCN3CCC(C)CC3)ccc2c1. The maximum absolute atomic E-state index is 12.0. The van der Waals surface area contributed by atoms with Crippen molar-refractivity contribution in [2.75, 3.05) is 33.3 Å². The number of methoxy groups -OCH3 is 1. The highest BCUT2D eigenvalue weighted by Gasteiger charge is 2.14. The Hall–Kier alpha value is -2.27.